The second-order valence-electron chi connectivity index (χ2n) is 7.09. The van der Waals surface area contributed by atoms with Gasteiger partial charge in [-0.25, -0.2) is 4.79 Å². The summed E-state index contributed by atoms with van der Waals surface area (Å²) in [6.07, 6.45) is 3.40. The molecule has 1 N–H and O–H groups in total. The molecule has 0 heterocycles. The monoisotopic (exact) mass is 493 g/mol. The number of methoxy groups -OCH3 is 1. The van der Waals surface area contributed by atoms with Gasteiger partial charge in [-0.15, -0.1) is 0 Å². The number of carbonyl (C=O) groups is 2. The van der Waals surface area contributed by atoms with Gasteiger partial charge < -0.3 is 14.8 Å². The van der Waals surface area contributed by atoms with Crippen molar-refractivity contribution in [3.63, 3.8) is 0 Å². The molecule has 32 heavy (non-hydrogen) atoms. The first kappa shape index (κ1) is 23.3. The zero-order valence-corrected chi connectivity index (χ0v) is 19.2. The Hall–Kier alpha value is -3.38. The Bertz CT molecular complexity index is 1050. The predicted octanol–water partition coefficient (Wildman–Crippen LogP) is 4.94. The van der Waals surface area contributed by atoms with Crippen molar-refractivity contribution in [1.82, 2.24) is 5.32 Å². The number of benzene rings is 3. The predicted molar refractivity (Wildman–Crippen MR) is 128 cm³/mol. The van der Waals surface area contributed by atoms with Crippen molar-refractivity contribution >= 4 is 33.9 Å². The number of rotatable bonds is 9. The average molecular weight is 494 g/mol. The van der Waals surface area contributed by atoms with Gasteiger partial charge in [0.25, 0.3) is 0 Å². The third-order valence-electron chi connectivity index (χ3n) is 4.71. The van der Waals surface area contributed by atoms with Gasteiger partial charge in [0.2, 0.25) is 5.91 Å². The quantitative estimate of drug-likeness (QED) is 0.338. The maximum atomic E-state index is 12.3. The van der Waals surface area contributed by atoms with E-state index in [1.807, 2.05) is 78.9 Å². The molecule has 0 fully saturated rings. The molecular formula is C26H24BrNO4. The van der Waals surface area contributed by atoms with Gasteiger partial charge in [0.1, 0.15) is 18.4 Å². The van der Waals surface area contributed by atoms with Crippen molar-refractivity contribution in [2.45, 2.75) is 19.1 Å². The van der Waals surface area contributed by atoms with E-state index in [1.165, 1.54) is 13.2 Å². The zero-order chi connectivity index (χ0) is 22.8. The van der Waals surface area contributed by atoms with Crippen LogP contribution in [0.4, 0.5) is 0 Å². The van der Waals surface area contributed by atoms with Crippen LogP contribution in [-0.4, -0.2) is 25.0 Å². The van der Waals surface area contributed by atoms with Crippen molar-refractivity contribution in [2.75, 3.05) is 7.11 Å². The van der Waals surface area contributed by atoms with E-state index in [4.69, 9.17) is 9.47 Å². The molecule has 1 amide bonds. The van der Waals surface area contributed by atoms with Crippen LogP contribution in [0.3, 0.4) is 0 Å². The molecule has 0 bridgehead atoms. The van der Waals surface area contributed by atoms with Crippen LogP contribution in [0.15, 0.2) is 89.4 Å². The summed E-state index contributed by atoms with van der Waals surface area (Å²) < 4.78 is 11.6. The molecule has 0 aliphatic rings. The number of amides is 1. The van der Waals surface area contributed by atoms with Crippen LogP contribution in [0, 0.1) is 0 Å². The highest BCUT2D eigenvalue weighted by molar-refractivity contribution is 9.10. The topological polar surface area (TPSA) is 64.6 Å². The van der Waals surface area contributed by atoms with E-state index in [9.17, 15) is 9.59 Å². The molecule has 6 heteroatoms. The lowest BCUT2D eigenvalue weighted by atomic mass is 10.1. The van der Waals surface area contributed by atoms with Crippen LogP contribution in [0.2, 0.25) is 0 Å². The van der Waals surface area contributed by atoms with Crippen molar-refractivity contribution < 1.29 is 19.1 Å². The molecule has 0 spiro atoms. The number of carbonyl (C=O) groups excluding carboxylic acids is 2. The summed E-state index contributed by atoms with van der Waals surface area (Å²) in [6.45, 7) is 0.478. The summed E-state index contributed by atoms with van der Waals surface area (Å²) in [7, 11) is 1.31. The van der Waals surface area contributed by atoms with Crippen molar-refractivity contribution in [3.05, 3.63) is 106 Å². The van der Waals surface area contributed by atoms with E-state index in [2.05, 4.69) is 21.2 Å². The highest BCUT2D eigenvalue weighted by Gasteiger charge is 2.21. The summed E-state index contributed by atoms with van der Waals surface area (Å²) >= 11 is 3.37. The summed E-state index contributed by atoms with van der Waals surface area (Å²) in [5, 5.41) is 2.72. The van der Waals surface area contributed by atoms with Gasteiger partial charge in [0, 0.05) is 17.0 Å². The van der Waals surface area contributed by atoms with E-state index in [1.54, 1.807) is 6.08 Å². The summed E-state index contributed by atoms with van der Waals surface area (Å²) in [5.41, 5.74) is 2.84. The normalized spacial score (nSPS) is 11.7. The minimum atomic E-state index is -0.793. The molecule has 164 valence electrons. The van der Waals surface area contributed by atoms with Gasteiger partial charge >= 0.3 is 5.97 Å². The lowest BCUT2D eigenvalue weighted by Gasteiger charge is -2.16. The van der Waals surface area contributed by atoms with Gasteiger partial charge in [-0.05, 0) is 47.0 Å². The highest BCUT2D eigenvalue weighted by atomic mass is 79.9. The van der Waals surface area contributed by atoms with Crippen molar-refractivity contribution in [3.8, 4) is 5.75 Å². The lowest BCUT2D eigenvalue weighted by molar-refractivity contribution is -0.144. The van der Waals surface area contributed by atoms with E-state index >= 15 is 0 Å². The van der Waals surface area contributed by atoms with Gasteiger partial charge in [0.15, 0.2) is 0 Å². The molecule has 0 aliphatic carbocycles. The van der Waals surface area contributed by atoms with Crippen LogP contribution in [0.5, 0.6) is 5.75 Å². The third kappa shape index (κ3) is 7.39. The number of halogens is 1. The molecule has 3 aromatic carbocycles. The number of hydrogen-bond acceptors (Lipinski definition) is 4. The van der Waals surface area contributed by atoms with Gasteiger partial charge in [-0.3, -0.25) is 4.79 Å². The Morgan fingerprint density at radius 2 is 1.62 bits per heavy atom. The molecule has 0 unspecified atom stereocenters. The second kappa shape index (κ2) is 11.9. The first-order valence-electron chi connectivity index (χ1n) is 10.1. The maximum Gasteiger partial charge on any atom is 0.328 e. The van der Waals surface area contributed by atoms with E-state index < -0.39 is 12.0 Å². The Morgan fingerprint density at radius 1 is 0.938 bits per heavy atom. The van der Waals surface area contributed by atoms with Crippen LogP contribution in [-0.2, 0) is 27.4 Å². The van der Waals surface area contributed by atoms with E-state index in [0.29, 0.717) is 13.0 Å². The molecule has 0 aliphatic heterocycles. The fraction of sp³-hybridized carbons (Fsp3) is 0.154. The largest absolute Gasteiger partial charge is 0.489 e. The Labute approximate surface area is 196 Å². The van der Waals surface area contributed by atoms with Crippen LogP contribution in [0.25, 0.3) is 6.08 Å². The summed E-state index contributed by atoms with van der Waals surface area (Å²) in [5.74, 6) is -0.139. The number of nitrogens with one attached hydrogen (secondary N) is 1. The molecule has 3 rings (SSSR count). The SMILES string of the molecule is COC(=O)[C@H](Cc1ccc(OCc2ccccc2)cc1)NC(=O)C=Cc1ccc(Br)cc1. The first-order valence-corrected chi connectivity index (χ1v) is 10.9. The minimum Gasteiger partial charge on any atom is -0.489 e. The maximum absolute atomic E-state index is 12.3. The molecule has 0 saturated heterocycles. The zero-order valence-electron chi connectivity index (χ0n) is 17.7. The van der Waals surface area contributed by atoms with Gasteiger partial charge in [-0.1, -0.05) is 70.5 Å². The van der Waals surface area contributed by atoms with Crippen molar-refractivity contribution in [1.29, 1.82) is 0 Å². The van der Waals surface area contributed by atoms with Crippen LogP contribution >= 0.6 is 15.9 Å². The molecular weight excluding hydrogens is 470 g/mol. The van der Waals surface area contributed by atoms with E-state index in [0.717, 1.165) is 26.9 Å². The summed E-state index contributed by atoms with van der Waals surface area (Å²) in [6, 6.07) is 24.1. The molecule has 0 saturated carbocycles. The highest BCUT2D eigenvalue weighted by Crippen LogP contribution is 2.16. The Kier molecular flexibility index (Phi) is 8.63. The molecule has 0 radical (unpaired) electrons. The lowest BCUT2D eigenvalue weighted by Crippen LogP contribution is -2.42. The minimum absolute atomic E-state index is 0.309. The van der Waals surface area contributed by atoms with Gasteiger partial charge in [0.05, 0.1) is 7.11 Å². The van der Waals surface area contributed by atoms with Crippen LogP contribution < -0.4 is 10.1 Å². The third-order valence-corrected chi connectivity index (χ3v) is 5.24. The van der Waals surface area contributed by atoms with E-state index in [-0.39, 0.29) is 5.91 Å². The molecule has 0 aromatic heterocycles. The smallest absolute Gasteiger partial charge is 0.328 e. The number of hydrogen-bond donors (Lipinski definition) is 1. The Morgan fingerprint density at radius 3 is 2.28 bits per heavy atom. The molecule has 5 nitrogen and oxygen atoms in total. The molecule has 1 atom stereocenters. The second-order valence-corrected chi connectivity index (χ2v) is 8.01. The van der Waals surface area contributed by atoms with Crippen LogP contribution in [0.1, 0.15) is 16.7 Å². The number of esters is 1. The molecule has 3 aromatic rings. The van der Waals surface area contributed by atoms with Gasteiger partial charge in [-0.2, -0.15) is 0 Å². The average Bonchev–Trinajstić information content (AvgIpc) is 2.83. The Balaban J connectivity index is 1.58. The fourth-order valence-electron chi connectivity index (χ4n) is 3.00. The summed E-state index contributed by atoms with van der Waals surface area (Å²) in [4.78, 5) is 24.5. The first-order chi connectivity index (χ1) is 15.5. The number of ether oxygens (including phenoxy) is 2. The standard InChI is InChI=1S/C26H24BrNO4/c1-31-26(30)24(28-25(29)16-11-19-7-12-22(27)13-8-19)17-20-9-14-23(15-10-20)32-18-21-5-3-2-4-6-21/h2-16,24H,17-18H2,1H3,(H,28,29)/t24-/m0/s1. The fourth-order valence-corrected chi connectivity index (χ4v) is 3.26. The van der Waals surface area contributed by atoms with Crippen molar-refractivity contribution in [2.24, 2.45) is 0 Å².